The van der Waals surface area contributed by atoms with Gasteiger partial charge in [-0.15, -0.1) is 11.3 Å². The molecule has 0 aliphatic heterocycles. The van der Waals surface area contributed by atoms with Crippen LogP contribution in [0.15, 0.2) is 52.8 Å². The van der Waals surface area contributed by atoms with Gasteiger partial charge in [0.05, 0.1) is 16.3 Å². The van der Waals surface area contributed by atoms with Crippen LogP contribution in [0.5, 0.6) is 0 Å². The van der Waals surface area contributed by atoms with Crippen molar-refractivity contribution in [3.8, 4) is 0 Å². The first-order chi connectivity index (χ1) is 14.7. The standard InChI is InChI=1S/C25H24N2O3S/c1-14-8-9-19(11-15(14)2)26-23(24(29)22-7-6-10-31-22)25(30)27-21-13-17(4)16(3)12-20(21)18(5)28/h6-13H,1-5H3,(H,27,30). The Morgan fingerprint density at radius 3 is 2.16 bits per heavy atom. The average molecular weight is 433 g/mol. The first kappa shape index (κ1) is 22.3. The maximum Gasteiger partial charge on any atom is 0.278 e. The van der Waals surface area contributed by atoms with Crippen molar-refractivity contribution in [1.29, 1.82) is 0 Å². The number of amides is 1. The molecule has 1 N–H and O–H groups in total. The van der Waals surface area contributed by atoms with Crippen molar-refractivity contribution in [2.45, 2.75) is 34.6 Å². The molecule has 31 heavy (non-hydrogen) atoms. The first-order valence-electron chi connectivity index (χ1n) is 9.85. The van der Waals surface area contributed by atoms with Crippen molar-refractivity contribution < 1.29 is 14.4 Å². The van der Waals surface area contributed by atoms with E-state index in [1.165, 1.54) is 18.3 Å². The van der Waals surface area contributed by atoms with Gasteiger partial charge in [-0.05, 0) is 92.6 Å². The zero-order chi connectivity index (χ0) is 22.7. The lowest BCUT2D eigenvalue weighted by Crippen LogP contribution is -2.30. The molecule has 1 aromatic heterocycles. The van der Waals surface area contributed by atoms with E-state index in [2.05, 4.69) is 10.3 Å². The summed E-state index contributed by atoms with van der Waals surface area (Å²) in [5, 5.41) is 4.52. The highest BCUT2D eigenvalue weighted by Gasteiger charge is 2.24. The Kier molecular flexibility index (Phi) is 6.61. The highest BCUT2D eigenvalue weighted by atomic mass is 32.1. The number of anilines is 1. The number of rotatable bonds is 6. The fourth-order valence-corrected chi connectivity index (χ4v) is 3.71. The van der Waals surface area contributed by atoms with Crippen LogP contribution in [0.2, 0.25) is 0 Å². The third kappa shape index (κ3) is 5.03. The molecular formula is C25H24N2O3S. The lowest BCUT2D eigenvalue weighted by atomic mass is 10.0. The van der Waals surface area contributed by atoms with Crippen LogP contribution in [-0.2, 0) is 4.79 Å². The molecule has 6 heteroatoms. The van der Waals surface area contributed by atoms with E-state index >= 15 is 0 Å². The van der Waals surface area contributed by atoms with Crippen molar-refractivity contribution in [2.24, 2.45) is 4.99 Å². The molecule has 0 atom stereocenters. The minimum absolute atomic E-state index is 0.171. The minimum Gasteiger partial charge on any atom is -0.320 e. The second-order valence-electron chi connectivity index (χ2n) is 7.53. The summed E-state index contributed by atoms with van der Waals surface area (Å²) in [6.07, 6.45) is 0. The second-order valence-corrected chi connectivity index (χ2v) is 8.48. The molecule has 0 aliphatic carbocycles. The third-order valence-corrected chi connectivity index (χ3v) is 6.04. The second kappa shape index (κ2) is 9.18. The van der Waals surface area contributed by atoms with Gasteiger partial charge in [0.25, 0.3) is 5.91 Å². The van der Waals surface area contributed by atoms with Crippen molar-refractivity contribution in [1.82, 2.24) is 0 Å². The summed E-state index contributed by atoms with van der Waals surface area (Å²) in [4.78, 5) is 43.2. The van der Waals surface area contributed by atoms with Crippen LogP contribution < -0.4 is 5.32 Å². The Labute approximate surface area is 185 Å². The number of aliphatic imine (C=N–C) groups is 1. The zero-order valence-corrected chi connectivity index (χ0v) is 19.0. The lowest BCUT2D eigenvalue weighted by Gasteiger charge is -2.13. The van der Waals surface area contributed by atoms with Crippen molar-refractivity contribution in [3.05, 3.63) is 80.5 Å². The van der Waals surface area contributed by atoms with Gasteiger partial charge in [0.1, 0.15) is 0 Å². The van der Waals surface area contributed by atoms with Crippen LogP contribution in [0.1, 0.15) is 49.2 Å². The summed E-state index contributed by atoms with van der Waals surface area (Å²) in [6.45, 7) is 9.18. The van der Waals surface area contributed by atoms with Gasteiger partial charge < -0.3 is 5.32 Å². The number of thiophene rings is 1. The summed E-state index contributed by atoms with van der Waals surface area (Å²) in [7, 11) is 0. The molecule has 0 fully saturated rings. The van der Waals surface area contributed by atoms with Crippen molar-refractivity contribution in [3.63, 3.8) is 0 Å². The number of hydrogen-bond donors (Lipinski definition) is 1. The summed E-state index contributed by atoms with van der Waals surface area (Å²) < 4.78 is 0. The third-order valence-electron chi connectivity index (χ3n) is 5.17. The lowest BCUT2D eigenvalue weighted by molar-refractivity contribution is -0.110. The Morgan fingerprint density at radius 1 is 0.871 bits per heavy atom. The van der Waals surface area contributed by atoms with E-state index in [0.29, 0.717) is 21.8 Å². The topological polar surface area (TPSA) is 75.6 Å². The van der Waals surface area contributed by atoms with Gasteiger partial charge in [-0.1, -0.05) is 12.1 Å². The molecule has 3 rings (SSSR count). The molecule has 1 amide bonds. The summed E-state index contributed by atoms with van der Waals surface area (Å²) in [5.74, 6) is -1.28. The molecular weight excluding hydrogens is 408 g/mol. The molecule has 0 radical (unpaired) electrons. The SMILES string of the molecule is CC(=O)c1cc(C)c(C)cc1NC(=O)C(=Nc1ccc(C)c(C)c1)C(=O)c1cccs1. The van der Waals surface area contributed by atoms with Crippen LogP contribution in [0.25, 0.3) is 0 Å². The largest absolute Gasteiger partial charge is 0.320 e. The van der Waals surface area contributed by atoms with Crippen LogP contribution in [0.4, 0.5) is 11.4 Å². The number of carbonyl (C=O) groups is 3. The fourth-order valence-electron chi connectivity index (χ4n) is 3.05. The zero-order valence-electron chi connectivity index (χ0n) is 18.2. The number of hydrogen-bond acceptors (Lipinski definition) is 5. The first-order valence-corrected chi connectivity index (χ1v) is 10.7. The summed E-state index contributed by atoms with van der Waals surface area (Å²) in [5.41, 5.74) is 5.04. The molecule has 0 unspecified atom stereocenters. The molecule has 2 aromatic carbocycles. The van der Waals surface area contributed by atoms with Crippen molar-refractivity contribution in [2.75, 3.05) is 5.32 Å². The van der Waals surface area contributed by atoms with Gasteiger partial charge in [0, 0.05) is 5.56 Å². The predicted octanol–water partition coefficient (Wildman–Crippen LogP) is 5.78. The van der Waals surface area contributed by atoms with Gasteiger partial charge in [-0.2, -0.15) is 0 Å². The smallest absolute Gasteiger partial charge is 0.278 e. The Morgan fingerprint density at radius 2 is 1.55 bits per heavy atom. The van der Waals surface area contributed by atoms with Crippen LogP contribution in [-0.4, -0.2) is 23.2 Å². The van der Waals surface area contributed by atoms with Crippen LogP contribution >= 0.6 is 11.3 Å². The maximum absolute atomic E-state index is 13.2. The van der Waals surface area contributed by atoms with Gasteiger partial charge in [0.2, 0.25) is 5.78 Å². The van der Waals surface area contributed by atoms with Crippen molar-refractivity contribution >= 4 is 45.9 Å². The van der Waals surface area contributed by atoms with Gasteiger partial charge in [0.15, 0.2) is 11.5 Å². The molecule has 3 aromatic rings. The maximum atomic E-state index is 13.2. The van der Waals surface area contributed by atoms with E-state index < -0.39 is 11.7 Å². The molecule has 1 heterocycles. The van der Waals surface area contributed by atoms with E-state index in [1.807, 2.05) is 39.8 Å². The monoisotopic (exact) mass is 432 g/mol. The molecule has 0 aliphatic rings. The predicted molar refractivity (Wildman–Crippen MR) is 126 cm³/mol. The van der Waals surface area contributed by atoms with Crippen LogP contribution in [0, 0.1) is 27.7 Å². The van der Waals surface area contributed by atoms with E-state index in [0.717, 1.165) is 22.3 Å². The van der Waals surface area contributed by atoms with Crippen LogP contribution in [0.3, 0.4) is 0 Å². The van der Waals surface area contributed by atoms with E-state index in [-0.39, 0.29) is 11.5 Å². The molecule has 158 valence electrons. The Bertz CT molecular complexity index is 1210. The molecule has 0 saturated carbocycles. The van der Waals surface area contributed by atoms with E-state index in [1.54, 1.807) is 35.7 Å². The normalized spacial score (nSPS) is 11.3. The quantitative estimate of drug-likeness (QED) is 0.305. The number of benzene rings is 2. The Hall–Kier alpha value is -3.38. The Balaban J connectivity index is 2.06. The average Bonchev–Trinajstić information content (AvgIpc) is 3.25. The number of ketones is 2. The molecule has 0 bridgehead atoms. The molecule has 0 spiro atoms. The fraction of sp³-hybridized carbons (Fsp3) is 0.200. The number of nitrogens with zero attached hydrogens (tertiary/aromatic N) is 1. The number of aryl methyl sites for hydroxylation is 4. The number of nitrogens with one attached hydrogen (secondary N) is 1. The molecule has 5 nitrogen and oxygen atoms in total. The molecule has 0 saturated heterocycles. The summed E-state index contributed by atoms with van der Waals surface area (Å²) in [6, 6.07) is 12.4. The number of Topliss-reactive ketones (excluding diaryl/α,β-unsaturated/α-hetero) is 2. The minimum atomic E-state index is -0.651. The van der Waals surface area contributed by atoms with Gasteiger partial charge in [-0.25, -0.2) is 4.99 Å². The van der Waals surface area contributed by atoms with Gasteiger partial charge >= 0.3 is 0 Å². The highest BCUT2D eigenvalue weighted by molar-refractivity contribution is 7.13. The van der Waals surface area contributed by atoms with Gasteiger partial charge in [-0.3, -0.25) is 14.4 Å². The van der Waals surface area contributed by atoms with E-state index in [4.69, 9.17) is 0 Å². The highest BCUT2D eigenvalue weighted by Crippen LogP contribution is 2.23. The summed E-state index contributed by atoms with van der Waals surface area (Å²) >= 11 is 1.25. The number of carbonyl (C=O) groups excluding carboxylic acids is 3. The van der Waals surface area contributed by atoms with E-state index in [9.17, 15) is 14.4 Å².